The maximum Gasteiger partial charge on any atom is 0.150 e. The second-order valence-electron chi connectivity index (χ2n) is 4.44. The molecule has 0 spiro atoms. The second-order valence-corrected chi connectivity index (χ2v) is 5.35. The van der Waals surface area contributed by atoms with Crippen molar-refractivity contribution in [3.63, 3.8) is 0 Å². The van der Waals surface area contributed by atoms with E-state index in [0.29, 0.717) is 5.56 Å². The van der Waals surface area contributed by atoms with Crippen molar-refractivity contribution in [1.82, 2.24) is 0 Å². The van der Waals surface area contributed by atoms with Crippen LogP contribution in [0.25, 0.3) is 21.9 Å². The Hall–Kier alpha value is -2.33. The first-order valence-corrected chi connectivity index (χ1v) is 7.11. The van der Waals surface area contributed by atoms with Gasteiger partial charge in [-0.15, -0.1) is 0 Å². The van der Waals surface area contributed by atoms with Gasteiger partial charge in [0.2, 0.25) is 0 Å². The summed E-state index contributed by atoms with van der Waals surface area (Å²) in [5, 5.41) is 2.10. The van der Waals surface area contributed by atoms with E-state index in [1.54, 1.807) is 30.7 Å². The van der Waals surface area contributed by atoms with E-state index in [2.05, 4.69) is 15.9 Å². The molecule has 2 aromatic carbocycles. The first-order chi connectivity index (χ1) is 10.3. The van der Waals surface area contributed by atoms with E-state index >= 15 is 0 Å². The first kappa shape index (κ1) is 13.6. The molecule has 0 aliphatic rings. The van der Waals surface area contributed by atoms with Gasteiger partial charge in [0, 0.05) is 20.8 Å². The van der Waals surface area contributed by atoms with E-state index in [4.69, 9.17) is 8.83 Å². The van der Waals surface area contributed by atoms with Crippen molar-refractivity contribution < 1.29 is 13.6 Å². The maximum atomic E-state index is 10.3. The molecule has 0 radical (unpaired) electrons. The number of aldehydes is 1. The molecule has 2 heterocycles. The predicted octanol–water partition coefficient (Wildman–Crippen LogP) is 5.44. The molecule has 0 amide bonds. The number of rotatable bonds is 1. The van der Waals surface area contributed by atoms with Crippen LogP contribution in [0.2, 0.25) is 0 Å². The molecule has 4 rings (SSSR count). The average Bonchev–Trinajstić information content (AvgIpc) is 3.15. The average molecular weight is 343 g/mol. The van der Waals surface area contributed by atoms with Crippen LogP contribution >= 0.6 is 15.9 Å². The van der Waals surface area contributed by atoms with Gasteiger partial charge in [-0.1, -0.05) is 15.9 Å². The Labute approximate surface area is 129 Å². The summed E-state index contributed by atoms with van der Waals surface area (Å²) in [7, 11) is 0. The molecule has 0 saturated heterocycles. The minimum absolute atomic E-state index is 0.680. The molecule has 0 atom stereocenters. The zero-order chi connectivity index (χ0) is 14.7. The molecule has 0 saturated carbocycles. The van der Waals surface area contributed by atoms with Crippen LogP contribution in [0.1, 0.15) is 10.4 Å². The zero-order valence-electron chi connectivity index (χ0n) is 11.0. The van der Waals surface area contributed by atoms with Gasteiger partial charge >= 0.3 is 0 Å². The highest BCUT2D eigenvalue weighted by Gasteiger charge is 1.96. The van der Waals surface area contributed by atoms with Crippen molar-refractivity contribution in [2.75, 3.05) is 0 Å². The predicted molar refractivity (Wildman–Crippen MR) is 85.5 cm³/mol. The van der Waals surface area contributed by atoms with E-state index in [-0.39, 0.29) is 0 Å². The van der Waals surface area contributed by atoms with Crippen LogP contribution in [0.5, 0.6) is 0 Å². The lowest BCUT2D eigenvalue weighted by Crippen LogP contribution is -1.75. The quantitative estimate of drug-likeness (QED) is 0.432. The maximum absolute atomic E-state index is 10.3. The van der Waals surface area contributed by atoms with Gasteiger partial charge in [0.1, 0.15) is 17.5 Å². The van der Waals surface area contributed by atoms with E-state index in [1.807, 2.05) is 30.3 Å². The molecule has 4 aromatic rings. The van der Waals surface area contributed by atoms with Gasteiger partial charge in [0.15, 0.2) is 0 Å². The minimum atomic E-state index is 0.680. The van der Waals surface area contributed by atoms with Crippen LogP contribution in [0.15, 0.2) is 74.4 Å². The van der Waals surface area contributed by atoms with E-state index < -0.39 is 0 Å². The standard InChI is InChI=1S/C9H6O2.C8H5BrO/c10-6-7-1-2-9-8(5-7)3-4-11-9;9-7-1-2-8-6(5-7)3-4-10-8/h1-6H;1-5H. The molecule has 104 valence electrons. The third-order valence-electron chi connectivity index (χ3n) is 3.03. The van der Waals surface area contributed by atoms with Crippen LogP contribution in [0, 0.1) is 0 Å². The summed E-state index contributed by atoms with van der Waals surface area (Å²) in [4.78, 5) is 10.3. The molecule has 0 unspecified atom stereocenters. The summed E-state index contributed by atoms with van der Waals surface area (Å²) < 4.78 is 11.3. The van der Waals surface area contributed by atoms with Gasteiger partial charge < -0.3 is 8.83 Å². The van der Waals surface area contributed by atoms with Gasteiger partial charge in [-0.25, -0.2) is 0 Å². The zero-order valence-corrected chi connectivity index (χ0v) is 12.5. The molecule has 0 bridgehead atoms. The highest BCUT2D eigenvalue weighted by atomic mass is 79.9. The van der Waals surface area contributed by atoms with Crippen LogP contribution in [0.4, 0.5) is 0 Å². The Morgan fingerprint density at radius 2 is 1.43 bits per heavy atom. The number of furan rings is 2. The number of hydrogen-bond acceptors (Lipinski definition) is 3. The normalized spacial score (nSPS) is 10.3. The molecule has 4 heteroatoms. The molecule has 0 aliphatic carbocycles. The molecule has 0 N–H and O–H groups in total. The fourth-order valence-corrected chi connectivity index (χ4v) is 2.37. The van der Waals surface area contributed by atoms with Gasteiger partial charge in [0.05, 0.1) is 12.5 Å². The summed E-state index contributed by atoms with van der Waals surface area (Å²) in [6, 6.07) is 15.0. The van der Waals surface area contributed by atoms with Crippen LogP contribution in [-0.4, -0.2) is 6.29 Å². The monoisotopic (exact) mass is 342 g/mol. The van der Waals surface area contributed by atoms with Crippen molar-refractivity contribution in [3.8, 4) is 0 Å². The third kappa shape index (κ3) is 3.06. The Morgan fingerprint density at radius 3 is 2.10 bits per heavy atom. The highest BCUT2D eigenvalue weighted by Crippen LogP contribution is 2.19. The molecule has 21 heavy (non-hydrogen) atoms. The van der Waals surface area contributed by atoms with Crippen LogP contribution in [0.3, 0.4) is 0 Å². The molecule has 0 fully saturated rings. The molecule has 0 aliphatic heterocycles. The molecule has 3 nitrogen and oxygen atoms in total. The minimum Gasteiger partial charge on any atom is -0.464 e. The summed E-state index contributed by atoms with van der Waals surface area (Å²) in [6.07, 6.45) is 4.13. The van der Waals surface area contributed by atoms with E-state index in [9.17, 15) is 4.79 Å². The molecular weight excluding hydrogens is 332 g/mol. The van der Waals surface area contributed by atoms with Gasteiger partial charge in [-0.05, 0) is 48.5 Å². The van der Waals surface area contributed by atoms with Crippen molar-refractivity contribution in [1.29, 1.82) is 0 Å². The van der Waals surface area contributed by atoms with Crippen molar-refractivity contribution in [2.24, 2.45) is 0 Å². The lowest BCUT2D eigenvalue weighted by atomic mass is 10.2. The summed E-state index contributed by atoms with van der Waals surface area (Å²) in [5.41, 5.74) is 2.43. The number of carbonyl (C=O) groups excluding carboxylic acids is 1. The topological polar surface area (TPSA) is 43.4 Å². The summed E-state index contributed by atoms with van der Waals surface area (Å²) in [5.74, 6) is 0. The molecular formula is C17H11BrO3. The molecule has 2 aromatic heterocycles. The number of fused-ring (bicyclic) bond motifs is 2. The number of halogens is 1. The largest absolute Gasteiger partial charge is 0.464 e. The van der Waals surface area contributed by atoms with E-state index in [1.165, 1.54) is 0 Å². The Kier molecular flexibility index (Phi) is 3.88. The summed E-state index contributed by atoms with van der Waals surface area (Å²) in [6.45, 7) is 0. The van der Waals surface area contributed by atoms with Crippen molar-refractivity contribution >= 4 is 44.2 Å². The Bertz CT molecular complexity index is 889. The number of carbonyl (C=O) groups is 1. The smallest absolute Gasteiger partial charge is 0.150 e. The van der Waals surface area contributed by atoms with Gasteiger partial charge in [0.25, 0.3) is 0 Å². The lowest BCUT2D eigenvalue weighted by Gasteiger charge is -1.88. The van der Waals surface area contributed by atoms with Crippen molar-refractivity contribution in [2.45, 2.75) is 0 Å². The fourth-order valence-electron chi connectivity index (χ4n) is 2.00. The van der Waals surface area contributed by atoms with Gasteiger partial charge in [-0.2, -0.15) is 0 Å². The SMILES string of the molecule is Brc1ccc2occc2c1.O=Cc1ccc2occc2c1. The third-order valence-corrected chi connectivity index (χ3v) is 3.52. The van der Waals surface area contributed by atoms with Crippen molar-refractivity contribution in [3.05, 3.63) is 71.1 Å². The Morgan fingerprint density at radius 1 is 0.810 bits per heavy atom. The Balaban J connectivity index is 0.000000126. The van der Waals surface area contributed by atoms with Gasteiger partial charge in [-0.3, -0.25) is 4.79 Å². The highest BCUT2D eigenvalue weighted by molar-refractivity contribution is 9.10. The van der Waals surface area contributed by atoms with E-state index in [0.717, 1.165) is 32.7 Å². The number of hydrogen-bond donors (Lipinski definition) is 0. The lowest BCUT2D eigenvalue weighted by molar-refractivity contribution is 0.112. The first-order valence-electron chi connectivity index (χ1n) is 6.31. The fraction of sp³-hybridized carbons (Fsp3) is 0. The second kappa shape index (κ2) is 5.97. The number of benzene rings is 2. The summed E-state index contributed by atoms with van der Waals surface area (Å²) >= 11 is 3.38. The van der Waals surface area contributed by atoms with Crippen LogP contribution < -0.4 is 0 Å². The van der Waals surface area contributed by atoms with Crippen LogP contribution in [-0.2, 0) is 0 Å².